The number of hydrogen-bond acceptors (Lipinski definition) is 4. The molecule has 1 N–H and O–H groups in total. The number of rotatable bonds is 11. The van der Waals surface area contributed by atoms with Crippen molar-refractivity contribution in [3.8, 4) is 0 Å². The van der Waals surface area contributed by atoms with Gasteiger partial charge in [-0.05, 0) is 74.7 Å². The van der Waals surface area contributed by atoms with Crippen LogP contribution in [0.5, 0.6) is 0 Å². The minimum atomic E-state index is -4.11. The van der Waals surface area contributed by atoms with Crippen LogP contribution < -0.4 is 9.62 Å². The van der Waals surface area contributed by atoms with Gasteiger partial charge in [0.2, 0.25) is 11.8 Å². The average molecular weight is 542 g/mol. The molecule has 0 saturated heterocycles. The second kappa shape index (κ2) is 12.7. The van der Waals surface area contributed by atoms with E-state index < -0.39 is 28.5 Å². The Kier molecular flexibility index (Phi) is 9.72. The van der Waals surface area contributed by atoms with Crippen molar-refractivity contribution in [1.29, 1.82) is 0 Å². The molecule has 3 aromatic rings. The zero-order valence-electron chi connectivity index (χ0n) is 21.2. The maximum Gasteiger partial charge on any atom is 0.264 e. The van der Waals surface area contributed by atoms with Crippen LogP contribution in [-0.2, 0) is 26.0 Å². The van der Waals surface area contributed by atoms with E-state index in [1.807, 2.05) is 43.3 Å². The molecule has 0 fully saturated rings. The molecular weight excluding hydrogens is 510 g/mol. The Hall–Kier alpha value is -3.36. The third-order valence-corrected chi connectivity index (χ3v) is 8.01. The Bertz CT molecular complexity index is 1310. The van der Waals surface area contributed by atoms with E-state index in [0.717, 1.165) is 15.4 Å². The van der Waals surface area contributed by atoms with Crippen molar-refractivity contribution in [2.45, 2.75) is 38.1 Å². The van der Waals surface area contributed by atoms with E-state index in [9.17, 15) is 18.0 Å². The first-order valence-electron chi connectivity index (χ1n) is 12.1. The second-order valence-corrected chi connectivity index (χ2v) is 11.0. The van der Waals surface area contributed by atoms with Gasteiger partial charge in [0.15, 0.2) is 0 Å². The van der Waals surface area contributed by atoms with Crippen LogP contribution in [0.15, 0.2) is 83.8 Å². The van der Waals surface area contributed by atoms with Crippen molar-refractivity contribution in [2.75, 3.05) is 23.9 Å². The molecule has 9 heteroatoms. The van der Waals surface area contributed by atoms with E-state index in [1.165, 1.54) is 29.2 Å². The van der Waals surface area contributed by atoms with Gasteiger partial charge in [-0.15, -0.1) is 0 Å². The molecule has 0 aliphatic carbocycles. The summed E-state index contributed by atoms with van der Waals surface area (Å²) in [7, 11) is -4.11. The lowest BCUT2D eigenvalue weighted by atomic mass is 10.1. The summed E-state index contributed by atoms with van der Waals surface area (Å²) in [6.45, 7) is 5.51. The number of benzene rings is 3. The van der Waals surface area contributed by atoms with Crippen LogP contribution in [0, 0.1) is 6.92 Å². The topological polar surface area (TPSA) is 86.8 Å². The summed E-state index contributed by atoms with van der Waals surface area (Å²) in [6, 6.07) is 21.6. The SMILES string of the molecule is CCNC(=O)[C@@H](C)N(CCc1ccccc1)C(=O)CN(c1cccc(C)c1)S(=O)(=O)c1ccc(Cl)cc1. The highest BCUT2D eigenvalue weighted by Crippen LogP contribution is 2.26. The molecule has 37 heavy (non-hydrogen) atoms. The average Bonchev–Trinajstić information content (AvgIpc) is 2.88. The Morgan fingerprint density at radius 1 is 0.973 bits per heavy atom. The molecule has 196 valence electrons. The van der Waals surface area contributed by atoms with E-state index in [-0.39, 0.29) is 17.3 Å². The molecule has 3 aromatic carbocycles. The molecule has 0 bridgehead atoms. The number of nitrogens with one attached hydrogen (secondary N) is 1. The van der Waals surface area contributed by atoms with Gasteiger partial charge >= 0.3 is 0 Å². The van der Waals surface area contributed by atoms with Crippen LogP contribution >= 0.6 is 11.6 Å². The van der Waals surface area contributed by atoms with Gasteiger partial charge in [0.1, 0.15) is 12.6 Å². The first-order chi connectivity index (χ1) is 17.6. The lowest BCUT2D eigenvalue weighted by Gasteiger charge is -2.32. The van der Waals surface area contributed by atoms with Crippen LogP contribution in [0.25, 0.3) is 0 Å². The Morgan fingerprint density at radius 3 is 2.27 bits per heavy atom. The highest BCUT2D eigenvalue weighted by Gasteiger charge is 2.32. The molecule has 0 spiro atoms. The molecule has 7 nitrogen and oxygen atoms in total. The first kappa shape index (κ1) is 28.2. The maximum atomic E-state index is 13.7. The zero-order valence-corrected chi connectivity index (χ0v) is 22.8. The highest BCUT2D eigenvalue weighted by molar-refractivity contribution is 7.92. The molecule has 0 heterocycles. The number of carbonyl (C=O) groups is 2. The molecular formula is C28H32ClN3O4S. The minimum Gasteiger partial charge on any atom is -0.355 e. The number of sulfonamides is 1. The van der Waals surface area contributed by atoms with Crippen molar-refractivity contribution in [2.24, 2.45) is 0 Å². The van der Waals surface area contributed by atoms with E-state index in [4.69, 9.17) is 11.6 Å². The summed E-state index contributed by atoms with van der Waals surface area (Å²) in [5.41, 5.74) is 2.21. The van der Waals surface area contributed by atoms with E-state index in [2.05, 4.69) is 5.32 Å². The molecule has 3 rings (SSSR count). The smallest absolute Gasteiger partial charge is 0.264 e. The maximum absolute atomic E-state index is 13.7. The van der Waals surface area contributed by atoms with Crippen molar-refractivity contribution in [3.05, 3.63) is 95.0 Å². The third kappa shape index (κ3) is 7.33. The number of likely N-dealkylation sites (N-methyl/N-ethyl adjacent to an activating group) is 1. The summed E-state index contributed by atoms with van der Waals surface area (Å²) in [6.07, 6.45) is 0.519. The molecule has 0 unspecified atom stereocenters. The van der Waals surface area contributed by atoms with Crippen LogP contribution in [0.3, 0.4) is 0 Å². The number of nitrogens with zero attached hydrogens (tertiary/aromatic N) is 2. The van der Waals surface area contributed by atoms with Gasteiger partial charge in [-0.3, -0.25) is 13.9 Å². The molecule has 0 radical (unpaired) electrons. The molecule has 0 aliphatic rings. The van der Waals surface area contributed by atoms with Crippen LogP contribution in [0.2, 0.25) is 5.02 Å². The summed E-state index contributed by atoms with van der Waals surface area (Å²) < 4.78 is 28.6. The fourth-order valence-corrected chi connectivity index (χ4v) is 5.47. The van der Waals surface area contributed by atoms with Gasteiger partial charge in [-0.25, -0.2) is 8.42 Å². The van der Waals surface area contributed by atoms with Crippen LogP contribution in [-0.4, -0.2) is 50.8 Å². The van der Waals surface area contributed by atoms with Crippen LogP contribution in [0.4, 0.5) is 5.69 Å². The van der Waals surface area contributed by atoms with Crippen LogP contribution in [0.1, 0.15) is 25.0 Å². The summed E-state index contributed by atoms with van der Waals surface area (Å²) in [4.78, 5) is 27.9. The largest absolute Gasteiger partial charge is 0.355 e. The molecule has 2 amide bonds. The number of carbonyl (C=O) groups excluding carboxylic acids is 2. The van der Waals surface area contributed by atoms with Gasteiger partial charge < -0.3 is 10.2 Å². The molecule has 1 atom stereocenters. The number of hydrogen-bond donors (Lipinski definition) is 1. The lowest BCUT2D eigenvalue weighted by molar-refractivity contribution is -0.138. The monoisotopic (exact) mass is 541 g/mol. The van der Waals surface area contributed by atoms with Crippen molar-refractivity contribution in [1.82, 2.24) is 10.2 Å². The molecule has 0 aliphatic heterocycles. The Morgan fingerprint density at radius 2 is 1.65 bits per heavy atom. The quantitative estimate of drug-likeness (QED) is 0.389. The van der Waals surface area contributed by atoms with Gasteiger partial charge in [0.05, 0.1) is 10.6 Å². The van der Waals surface area contributed by atoms with Crippen molar-refractivity contribution >= 4 is 39.1 Å². The fraction of sp³-hybridized carbons (Fsp3) is 0.286. The lowest BCUT2D eigenvalue weighted by Crippen LogP contribution is -2.52. The molecule has 0 saturated carbocycles. The summed E-state index contributed by atoms with van der Waals surface area (Å²) in [5, 5.41) is 3.16. The zero-order chi connectivity index (χ0) is 27.0. The predicted molar refractivity (Wildman–Crippen MR) is 147 cm³/mol. The van der Waals surface area contributed by atoms with E-state index in [0.29, 0.717) is 23.7 Å². The normalized spacial score (nSPS) is 12.0. The highest BCUT2D eigenvalue weighted by atomic mass is 35.5. The third-order valence-electron chi connectivity index (χ3n) is 5.97. The van der Waals surface area contributed by atoms with Crippen molar-refractivity contribution < 1.29 is 18.0 Å². The number of halogens is 1. The predicted octanol–water partition coefficient (Wildman–Crippen LogP) is 4.44. The van der Waals surface area contributed by atoms with E-state index >= 15 is 0 Å². The Labute approximate surface area is 224 Å². The van der Waals surface area contributed by atoms with Gasteiger partial charge in [0.25, 0.3) is 10.0 Å². The van der Waals surface area contributed by atoms with Gasteiger partial charge in [0, 0.05) is 18.1 Å². The van der Waals surface area contributed by atoms with Gasteiger partial charge in [-0.1, -0.05) is 54.1 Å². The second-order valence-electron chi connectivity index (χ2n) is 8.70. The number of aryl methyl sites for hydroxylation is 1. The number of amides is 2. The summed E-state index contributed by atoms with van der Waals surface area (Å²) in [5.74, 6) is -0.777. The Balaban J connectivity index is 1.97. The summed E-state index contributed by atoms with van der Waals surface area (Å²) >= 11 is 5.97. The number of anilines is 1. The first-order valence-corrected chi connectivity index (χ1v) is 13.9. The minimum absolute atomic E-state index is 0.0128. The van der Waals surface area contributed by atoms with Gasteiger partial charge in [-0.2, -0.15) is 0 Å². The molecule has 0 aromatic heterocycles. The van der Waals surface area contributed by atoms with E-state index in [1.54, 1.807) is 32.0 Å². The standard InChI is InChI=1S/C28H32ClN3O4S/c1-4-30-28(34)22(3)31(18-17-23-10-6-5-7-11-23)27(33)20-32(25-12-8-9-21(2)19-25)37(35,36)26-15-13-24(29)14-16-26/h5-16,19,22H,4,17-18,20H2,1-3H3,(H,30,34)/t22-/m1/s1. The van der Waals surface area contributed by atoms with Crippen molar-refractivity contribution in [3.63, 3.8) is 0 Å². The fourth-order valence-electron chi connectivity index (χ4n) is 3.94.